The zero-order valence-corrected chi connectivity index (χ0v) is 16.2. The van der Waals surface area contributed by atoms with Crippen molar-refractivity contribution in [2.75, 3.05) is 29.5 Å². The summed E-state index contributed by atoms with van der Waals surface area (Å²) >= 11 is 0. The van der Waals surface area contributed by atoms with Gasteiger partial charge in [0.05, 0.1) is 0 Å². The lowest BCUT2D eigenvalue weighted by atomic mass is 11.8. The third-order valence-corrected chi connectivity index (χ3v) is 16.7. The normalized spacial score (nSPS) is 12.9. The summed E-state index contributed by atoms with van der Waals surface area (Å²) in [6.45, 7) is 46.0. The van der Waals surface area contributed by atoms with Crippen LogP contribution in [0, 0.1) is 53.3 Å². The van der Waals surface area contributed by atoms with E-state index in [0.717, 1.165) is 29.5 Å². The Morgan fingerprint density at radius 3 is 0.737 bits per heavy atom. The molecule has 0 heterocycles. The lowest BCUT2D eigenvalue weighted by Gasteiger charge is -2.29. The molecule has 0 nitrogen and oxygen atoms in total. The van der Waals surface area contributed by atoms with E-state index < -0.39 is 31.7 Å². The van der Waals surface area contributed by atoms with E-state index in [4.69, 9.17) is 53.3 Å². The van der Waals surface area contributed by atoms with Gasteiger partial charge in [0.2, 0.25) is 0 Å². The summed E-state index contributed by atoms with van der Waals surface area (Å²) in [5.74, 6) is 4.34. The summed E-state index contributed by atoms with van der Waals surface area (Å²) < 4.78 is 0. The fourth-order valence-corrected chi connectivity index (χ4v) is 18.1. The molecule has 0 aliphatic heterocycles. The molecule has 16 radical (unpaired) electrons. The van der Waals surface area contributed by atoms with Gasteiger partial charge >= 0.3 is 0 Å². The van der Waals surface area contributed by atoms with Gasteiger partial charge in [-0.3, -0.25) is 0 Å². The van der Waals surface area contributed by atoms with Crippen molar-refractivity contribution >= 4 is 47.5 Å². The van der Waals surface area contributed by atoms with Crippen LogP contribution >= 0.6 is 47.5 Å². The van der Waals surface area contributed by atoms with Gasteiger partial charge in [-0.25, -0.2) is 0 Å². The lowest BCUT2D eigenvalue weighted by Crippen LogP contribution is -1.95. The Kier molecular flexibility index (Phi) is 13.7. The van der Waals surface area contributed by atoms with Gasteiger partial charge in [-0.1, -0.05) is 47.5 Å². The summed E-state index contributed by atoms with van der Waals surface area (Å²) in [7, 11) is -4.38. The first kappa shape index (κ1) is 21.6. The van der Waals surface area contributed by atoms with Gasteiger partial charge in [-0.05, 0) is 82.8 Å². The van der Waals surface area contributed by atoms with Gasteiger partial charge in [0.1, 0.15) is 0 Å². The molecule has 0 aliphatic carbocycles. The van der Waals surface area contributed by atoms with E-state index in [2.05, 4.69) is 0 Å². The van der Waals surface area contributed by atoms with Crippen LogP contribution in [0.1, 0.15) is 0 Å². The first-order valence-electron chi connectivity index (χ1n) is 5.23. The van der Waals surface area contributed by atoms with E-state index in [1.54, 1.807) is 0 Å². The lowest BCUT2D eigenvalue weighted by molar-refractivity contribution is 1.82. The summed E-state index contributed by atoms with van der Waals surface area (Å²) in [6, 6.07) is 0. The van der Waals surface area contributed by atoms with Gasteiger partial charge in [0.25, 0.3) is 0 Å². The summed E-state index contributed by atoms with van der Waals surface area (Å²) in [5.41, 5.74) is 0. The Morgan fingerprint density at radius 1 is 0.368 bits per heavy atom. The summed E-state index contributed by atoms with van der Waals surface area (Å²) in [5, 5.41) is 0. The molecule has 0 aromatic heterocycles. The van der Waals surface area contributed by atoms with E-state index in [9.17, 15) is 0 Å². The quantitative estimate of drug-likeness (QED) is 0.368. The van der Waals surface area contributed by atoms with Crippen molar-refractivity contribution in [3.63, 3.8) is 0 Å². The molecule has 0 rings (SSSR count). The molecule has 0 N–H and O–H groups in total. The molecule has 0 amide bonds. The summed E-state index contributed by atoms with van der Waals surface area (Å²) in [4.78, 5) is 0. The Balaban J connectivity index is 4.51. The van der Waals surface area contributed by atoms with Crippen LogP contribution in [0.4, 0.5) is 0 Å². The molecule has 0 saturated heterocycles. The SMILES string of the molecule is [CH]P([CH])CP(CP([CH])[CH])CP(CP([CH])[CH])CP([CH])[CH]. The van der Waals surface area contributed by atoms with Crippen molar-refractivity contribution in [2.45, 2.75) is 0 Å². The molecule has 0 spiro atoms. The van der Waals surface area contributed by atoms with Crippen LogP contribution < -0.4 is 0 Å². The molecule has 0 aliphatic rings. The zero-order valence-electron chi connectivity index (χ0n) is 10.8. The molecule has 0 fully saturated rings. The maximum absolute atomic E-state index is 5.75. The average Bonchev–Trinajstić information content (AvgIpc) is 2.11. The van der Waals surface area contributed by atoms with Crippen LogP contribution in [-0.4, -0.2) is 29.5 Å². The number of hydrogen-bond acceptors (Lipinski definition) is 0. The molecule has 0 aromatic rings. The third kappa shape index (κ3) is 13.9. The Hall–Kier alpha value is 2.58. The predicted octanol–water partition coefficient (Wildman–Crippen LogP) is 7.01. The molecule has 6 heteroatoms. The predicted molar refractivity (Wildman–Crippen MR) is 100 cm³/mol. The number of hydrogen-bond donors (Lipinski definition) is 0. The van der Waals surface area contributed by atoms with Gasteiger partial charge < -0.3 is 0 Å². The zero-order chi connectivity index (χ0) is 15.0. The van der Waals surface area contributed by atoms with Gasteiger partial charge in [-0.2, -0.15) is 0 Å². The van der Waals surface area contributed by atoms with E-state index in [-0.39, 0.29) is 15.8 Å². The molecule has 0 atom stereocenters. The van der Waals surface area contributed by atoms with Crippen LogP contribution in [0.5, 0.6) is 0 Å². The maximum Gasteiger partial charge on any atom is -0.00547 e. The first-order chi connectivity index (χ1) is 8.70. The number of rotatable bonds is 10. The van der Waals surface area contributed by atoms with Crippen LogP contribution in [0.3, 0.4) is 0 Å². The minimum atomic E-state index is -0.918. The van der Waals surface area contributed by atoms with Crippen molar-refractivity contribution in [2.24, 2.45) is 0 Å². The molecular formula is C13H18P6. The highest BCUT2D eigenvalue weighted by molar-refractivity contribution is 7.91. The second-order valence-corrected chi connectivity index (χ2v) is 16.6. The molecular weight excluding hydrogens is 342 g/mol. The second kappa shape index (κ2) is 12.1. The monoisotopic (exact) mass is 360 g/mol. The van der Waals surface area contributed by atoms with Gasteiger partial charge in [0.15, 0.2) is 0 Å². The Bertz CT molecular complexity index is 175. The second-order valence-electron chi connectivity index (χ2n) is 4.11. The highest BCUT2D eigenvalue weighted by atomic mass is 31.2. The van der Waals surface area contributed by atoms with Crippen molar-refractivity contribution in [3.8, 4) is 0 Å². The van der Waals surface area contributed by atoms with Crippen LogP contribution in [0.2, 0.25) is 0 Å². The van der Waals surface area contributed by atoms with Crippen LogP contribution in [0.15, 0.2) is 0 Å². The fourth-order valence-electron chi connectivity index (χ4n) is 1.47. The highest BCUT2D eigenvalue weighted by Crippen LogP contribution is 2.66. The van der Waals surface area contributed by atoms with E-state index in [1.807, 2.05) is 0 Å². The van der Waals surface area contributed by atoms with Gasteiger partial charge in [0, 0.05) is 0 Å². The fraction of sp³-hybridized carbons (Fsp3) is 0.385. The smallest absolute Gasteiger partial charge is 0.00547 e. The third-order valence-electron chi connectivity index (χ3n) is 1.85. The minimum absolute atomic E-state index is 0.355. The summed E-state index contributed by atoms with van der Waals surface area (Å²) in [6.07, 6.45) is 0. The minimum Gasteiger partial charge on any atom is -0.0934 e. The Labute approximate surface area is 130 Å². The molecule has 0 aromatic carbocycles. The van der Waals surface area contributed by atoms with Crippen molar-refractivity contribution in [3.05, 3.63) is 53.3 Å². The maximum atomic E-state index is 5.75. The topological polar surface area (TPSA) is 0 Å². The van der Waals surface area contributed by atoms with E-state index in [0.29, 0.717) is 0 Å². The van der Waals surface area contributed by atoms with Gasteiger partial charge in [-0.15, -0.1) is 0 Å². The van der Waals surface area contributed by atoms with Crippen molar-refractivity contribution in [1.82, 2.24) is 0 Å². The molecule has 19 heavy (non-hydrogen) atoms. The van der Waals surface area contributed by atoms with E-state index >= 15 is 0 Å². The molecule has 100 valence electrons. The largest absolute Gasteiger partial charge is 0.0934 e. The first-order valence-corrected chi connectivity index (χ1v) is 15.7. The highest BCUT2D eigenvalue weighted by Gasteiger charge is 2.20. The van der Waals surface area contributed by atoms with Crippen molar-refractivity contribution < 1.29 is 0 Å². The molecule has 0 bridgehead atoms. The van der Waals surface area contributed by atoms with Crippen LogP contribution in [-0.2, 0) is 0 Å². The van der Waals surface area contributed by atoms with E-state index in [1.165, 1.54) is 0 Å². The van der Waals surface area contributed by atoms with Crippen LogP contribution in [0.25, 0.3) is 0 Å². The Morgan fingerprint density at radius 2 is 0.579 bits per heavy atom. The molecule has 0 saturated carbocycles. The van der Waals surface area contributed by atoms with Crippen molar-refractivity contribution in [1.29, 1.82) is 0 Å². The standard InChI is InChI=1S/C13H18P6/c1-14(2)9-18(10-15(3)4)13-19(11-16(5)6)12-17(7)8/h1-8H,9-13H2. The molecule has 0 unspecified atom stereocenters. The average molecular weight is 360 g/mol.